The molecule has 1 amide bonds. The molecule has 2 N–H and O–H groups in total. The van der Waals surface area contributed by atoms with Crippen LogP contribution in [-0.2, 0) is 11.0 Å². The molecule has 3 aliphatic rings. The number of amides is 1. The molecular formula is C35H34F5N7O2S. The van der Waals surface area contributed by atoms with Crippen molar-refractivity contribution in [3.05, 3.63) is 53.9 Å². The average Bonchev–Trinajstić information content (AvgIpc) is 3.85. The fourth-order valence-electron chi connectivity index (χ4n) is 7.96. The number of carbonyl (C=O) groups excluding carboxylic acids is 1. The van der Waals surface area contributed by atoms with Crippen molar-refractivity contribution in [2.24, 2.45) is 0 Å². The van der Waals surface area contributed by atoms with E-state index in [4.69, 9.17) is 10.5 Å². The van der Waals surface area contributed by atoms with E-state index in [0.717, 1.165) is 68.3 Å². The Hall–Kier alpha value is -4.55. The predicted molar refractivity (Wildman–Crippen MR) is 181 cm³/mol. The minimum absolute atomic E-state index is 0.0128. The molecule has 7 rings (SSSR count). The van der Waals surface area contributed by atoms with Gasteiger partial charge in [-0.3, -0.25) is 9.69 Å². The number of nitrogens with two attached hydrogens (primary N) is 1. The first-order chi connectivity index (χ1) is 23.9. The van der Waals surface area contributed by atoms with Gasteiger partial charge in [0.15, 0.2) is 0 Å². The van der Waals surface area contributed by atoms with Gasteiger partial charge < -0.3 is 20.3 Å². The number of likely N-dealkylation sites (tertiary alicyclic amines) is 1. The van der Waals surface area contributed by atoms with E-state index in [1.165, 1.54) is 17.0 Å². The molecule has 0 spiro atoms. The molecule has 3 saturated heterocycles. The summed E-state index contributed by atoms with van der Waals surface area (Å²) in [5.74, 6) is -1.15. The highest BCUT2D eigenvalue weighted by atomic mass is 32.1. The molecule has 0 bridgehead atoms. The predicted octanol–water partition coefficient (Wildman–Crippen LogP) is 6.69. The Labute approximate surface area is 288 Å². The van der Waals surface area contributed by atoms with E-state index in [1.54, 1.807) is 11.8 Å². The van der Waals surface area contributed by atoms with Crippen molar-refractivity contribution in [1.29, 1.82) is 5.26 Å². The van der Waals surface area contributed by atoms with Crippen LogP contribution in [0.25, 0.3) is 32.1 Å². The summed E-state index contributed by atoms with van der Waals surface area (Å²) >= 11 is 0.784. The zero-order valence-corrected chi connectivity index (χ0v) is 28.0. The van der Waals surface area contributed by atoms with Crippen LogP contribution in [0.4, 0.5) is 32.8 Å². The fourth-order valence-corrected chi connectivity index (χ4v) is 8.90. The van der Waals surface area contributed by atoms with Gasteiger partial charge in [-0.2, -0.15) is 28.4 Å². The molecule has 0 radical (unpaired) electrons. The van der Waals surface area contributed by atoms with Gasteiger partial charge in [0.05, 0.1) is 39.5 Å². The lowest BCUT2D eigenvalue weighted by Gasteiger charge is -2.32. The van der Waals surface area contributed by atoms with Gasteiger partial charge in [-0.25, -0.2) is 8.78 Å². The largest absolute Gasteiger partial charge is 0.461 e. The Morgan fingerprint density at radius 1 is 1.22 bits per heavy atom. The van der Waals surface area contributed by atoms with Crippen molar-refractivity contribution in [2.75, 3.05) is 50.0 Å². The summed E-state index contributed by atoms with van der Waals surface area (Å²) in [6.45, 7) is 7.29. The number of likely N-dealkylation sites (N-methyl/N-ethyl adjacent to an activating group) is 1. The molecule has 2 aromatic carbocycles. The summed E-state index contributed by atoms with van der Waals surface area (Å²) in [6, 6.07) is 5.29. The molecule has 0 saturated carbocycles. The lowest BCUT2D eigenvalue weighted by Crippen LogP contribution is -2.44. The second kappa shape index (κ2) is 12.6. The highest BCUT2D eigenvalue weighted by molar-refractivity contribution is 7.23. The molecule has 262 valence electrons. The number of halogens is 5. The number of thiophene rings is 1. The fraction of sp³-hybridized carbons (Fsp3) is 0.429. The van der Waals surface area contributed by atoms with Gasteiger partial charge in [-0.05, 0) is 81.1 Å². The number of aromatic nitrogens is 2. The normalized spacial score (nSPS) is 20.4. The van der Waals surface area contributed by atoms with Crippen molar-refractivity contribution in [1.82, 2.24) is 19.8 Å². The Balaban J connectivity index is 1.44. The Bertz CT molecular complexity index is 2050. The van der Waals surface area contributed by atoms with Crippen molar-refractivity contribution in [3.63, 3.8) is 0 Å². The van der Waals surface area contributed by atoms with Crippen LogP contribution in [-0.4, -0.2) is 82.8 Å². The molecule has 0 aliphatic carbocycles. The Morgan fingerprint density at radius 2 is 1.96 bits per heavy atom. The minimum Gasteiger partial charge on any atom is -0.461 e. The molecule has 2 atom stereocenters. The zero-order valence-electron chi connectivity index (χ0n) is 27.2. The number of nitrogen functional groups attached to an aromatic ring is 1. The van der Waals surface area contributed by atoms with Gasteiger partial charge in [0, 0.05) is 23.9 Å². The van der Waals surface area contributed by atoms with Crippen LogP contribution < -0.4 is 15.4 Å². The number of hydrogen-bond donors (Lipinski definition) is 1. The third-order valence-electron chi connectivity index (χ3n) is 10.3. The number of rotatable bonds is 8. The lowest BCUT2D eigenvalue weighted by atomic mass is 9.93. The molecule has 15 heteroatoms. The summed E-state index contributed by atoms with van der Waals surface area (Å²) < 4.78 is 81.9. The zero-order chi connectivity index (χ0) is 35.5. The monoisotopic (exact) mass is 711 g/mol. The molecule has 5 heterocycles. The van der Waals surface area contributed by atoms with Crippen LogP contribution >= 0.6 is 11.3 Å². The first-order valence-corrected chi connectivity index (χ1v) is 17.2. The maximum Gasteiger partial charge on any atom is 0.417 e. The quantitative estimate of drug-likeness (QED) is 0.159. The van der Waals surface area contributed by atoms with Crippen LogP contribution in [0.1, 0.15) is 43.7 Å². The number of nitrogens with zero attached hydrogens (tertiary/aromatic N) is 6. The van der Waals surface area contributed by atoms with E-state index in [0.29, 0.717) is 0 Å². The minimum atomic E-state index is -4.92. The first-order valence-electron chi connectivity index (χ1n) is 16.4. The lowest BCUT2D eigenvalue weighted by molar-refractivity contribution is -0.137. The highest BCUT2D eigenvalue weighted by Gasteiger charge is 2.45. The van der Waals surface area contributed by atoms with E-state index in [-0.39, 0.29) is 86.3 Å². The number of nitriles is 1. The molecular weight excluding hydrogens is 677 g/mol. The second-order valence-electron chi connectivity index (χ2n) is 13.0. The van der Waals surface area contributed by atoms with Crippen molar-refractivity contribution < 1.29 is 31.5 Å². The summed E-state index contributed by atoms with van der Waals surface area (Å²) in [4.78, 5) is 26.9. The highest BCUT2D eigenvalue weighted by Crippen LogP contribution is 2.47. The number of benzene rings is 2. The average molecular weight is 712 g/mol. The number of anilines is 2. The van der Waals surface area contributed by atoms with Gasteiger partial charge in [-0.15, -0.1) is 11.3 Å². The van der Waals surface area contributed by atoms with Gasteiger partial charge >= 0.3 is 12.2 Å². The van der Waals surface area contributed by atoms with Crippen LogP contribution in [0, 0.1) is 17.1 Å². The third-order valence-corrected chi connectivity index (χ3v) is 11.3. The maximum absolute atomic E-state index is 15.7. The standard InChI is InChI=1S/C35H34F5N7O2S/c1-3-28(48)45-16-25(37)27(17-45)47(4-2)32-21-13-23(35(38,39)40)20(19-7-8-24(36)30-29(19)22(15-41)31(42)50-30)14-26(21)43-33(44-32)49-18-34-9-5-11-46(34)12-6-10-34/h3,7-8,13-14,25,27H,1,4-6,9-12,16-18,42H2,2H3/t25-,27+/m1/s1. The van der Waals surface area contributed by atoms with E-state index >= 15 is 17.6 Å². The van der Waals surface area contributed by atoms with Crippen LogP contribution in [0.15, 0.2) is 36.9 Å². The van der Waals surface area contributed by atoms with Gasteiger partial charge in [0.2, 0.25) is 5.91 Å². The third kappa shape index (κ3) is 5.58. The second-order valence-corrected chi connectivity index (χ2v) is 14.1. The molecule has 9 nitrogen and oxygen atoms in total. The number of fused-ring (bicyclic) bond motifs is 3. The van der Waals surface area contributed by atoms with E-state index in [1.807, 2.05) is 6.07 Å². The van der Waals surface area contributed by atoms with Gasteiger partial charge in [-0.1, -0.05) is 12.6 Å². The van der Waals surface area contributed by atoms with Gasteiger partial charge in [0.1, 0.15) is 35.5 Å². The summed E-state index contributed by atoms with van der Waals surface area (Å²) in [6.07, 6.45) is -1.46. The Kier molecular flexibility index (Phi) is 8.58. The SMILES string of the molecule is C=CC(=O)N1C[C@@H](F)[C@@H](N(CC)c2nc(OCC34CCCN3CCC4)nc3cc(-c4ccc(F)c5sc(N)c(C#N)c45)c(C(F)(F)F)cc23)C1. The molecule has 3 aliphatic heterocycles. The molecule has 0 unspecified atom stereocenters. The van der Waals surface area contributed by atoms with Crippen LogP contribution in [0.5, 0.6) is 6.01 Å². The molecule has 50 heavy (non-hydrogen) atoms. The van der Waals surface area contributed by atoms with Crippen LogP contribution in [0.2, 0.25) is 0 Å². The van der Waals surface area contributed by atoms with E-state index in [9.17, 15) is 14.4 Å². The molecule has 2 aromatic heterocycles. The summed E-state index contributed by atoms with van der Waals surface area (Å²) in [5, 5.41) is 9.80. The Morgan fingerprint density at radius 3 is 2.62 bits per heavy atom. The van der Waals surface area contributed by atoms with Gasteiger partial charge in [0.25, 0.3) is 0 Å². The number of ether oxygens (including phenoxy) is 1. The summed E-state index contributed by atoms with van der Waals surface area (Å²) in [5.41, 5.74) is 4.30. The van der Waals surface area contributed by atoms with Crippen molar-refractivity contribution >= 4 is 49.1 Å². The molecule has 3 fully saturated rings. The first kappa shape index (κ1) is 33.9. The van der Waals surface area contributed by atoms with Crippen molar-refractivity contribution in [3.8, 4) is 23.2 Å². The van der Waals surface area contributed by atoms with E-state index in [2.05, 4.69) is 21.4 Å². The number of alkyl halides is 4. The number of carbonyl (C=O) groups is 1. The van der Waals surface area contributed by atoms with Crippen molar-refractivity contribution in [2.45, 2.75) is 56.5 Å². The smallest absolute Gasteiger partial charge is 0.417 e. The molecule has 4 aromatic rings. The summed E-state index contributed by atoms with van der Waals surface area (Å²) in [7, 11) is 0. The maximum atomic E-state index is 15.7. The topological polar surface area (TPSA) is 112 Å². The number of hydrogen-bond acceptors (Lipinski definition) is 9. The van der Waals surface area contributed by atoms with E-state index < -0.39 is 35.7 Å². The van der Waals surface area contributed by atoms with Crippen LogP contribution in [0.3, 0.4) is 0 Å².